The Morgan fingerprint density at radius 2 is 1.68 bits per heavy atom. The van der Waals surface area contributed by atoms with E-state index in [0.717, 1.165) is 3.57 Å². The molecule has 0 aliphatic carbocycles. The molecule has 34 heavy (non-hydrogen) atoms. The van der Waals surface area contributed by atoms with Crippen LogP contribution in [-0.2, 0) is 14.3 Å². The van der Waals surface area contributed by atoms with Gasteiger partial charge < -0.3 is 19.3 Å². The number of carbonyl (C=O) groups excluding carboxylic acids is 2. The number of hydrogen-bond acceptors (Lipinski definition) is 7. The molecule has 0 heterocycles. The van der Waals surface area contributed by atoms with Crippen LogP contribution in [0.1, 0.15) is 18.1 Å². The highest BCUT2D eigenvalue weighted by molar-refractivity contribution is 14.1. The van der Waals surface area contributed by atoms with E-state index in [9.17, 15) is 14.7 Å². The quantitative estimate of drug-likeness (QED) is 0.161. The number of aromatic hydroxyl groups is 1. The number of anilines is 1. The molecule has 0 spiro atoms. The summed E-state index contributed by atoms with van der Waals surface area (Å²) in [5, 5.41) is 13.3. The number of nitrogens with one attached hydrogen (secondary N) is 1. The van der Waals surface area contributed by atoms with Crippen LogP contribution in [0.4, 0.5) is 10.5 Å². The molecule has 0 saturated carbocycles. The minimum absolute atomic E-state index is 0.0156. The van der Waals surface area contributed by atoms with Crippen molar-refractivity contribution in [2.24, 2.45) is 0 Å². The number of phenols is 1. The molecule has 3 aromatic rings. The number of thiol groups is 1. The molecule has 1 amide bonds. The average molecular weight is 593 g/mol. The Kier molecular flexibility index (Phi) is 9.89. The van der Waals surface area contributed by atoms with E-state index in [-0.39, 0.29) is 24.5 Å². The molecule has 3 rings (SSSR count). The number of phenolic OH excluding ortho intramolecular Hbond substituents is 1. The molecule has 0 aliphatic rings. The number of hydrogen-bond donors (Lipinski definition) is 3. The topological polar surface area (TPSA) is 94.1 Å². The summed E-state index contributed by atoms with van der Waals surface area (Å²) in [6.45, 7) is 0.0156. The van der Waals surface area contributed by atoms with Crippen LogP contribution in [-0.4, -0.2) is 35.6 Å². The lowest BCUT2D eigenvalue weighted by Gasteiger charge is -2.29. The zero-order chi connectivity index (χ0) is 24.3. The van der Waals surface area contributed by atoms with Crippen LogP contribution >= 0.6 is 35.2 Å². The first-order chi connectivity index (χ1) is 16.5. The summed E-state index contributed by atoms with van der Waals surface area (Å²) in [5.74, 6) is -0.0401. The summed E-state index contributed by atoms with van der Waals surface area (Å²) in [6.07, 6.45) is -2.31. The van der Waals surface area contributed by atoms with Crippen molar-refractivity contribution in [3.63, 3.8) is 0 Å². The van der Waals surface area contributed by atoms with Gasteiger partial charge in [-0.15, -0.1) is 0 Å². The summed E-state index contributed by atoms with van der Waals surface area (Å²) < 4.78 is 18.0. The minimum Gasteiger partial charge on any atom is -0.508 e. The number of ether oxygens (including phenoxy) is 3. The van der Waals surface area contributed by atoms with Gasteiger partial charge in [-0.05, 0) is 65.1 Å². The Balaban J connectivity index is 1.91. The lowest BCUT2D eigenvalue weighted by atomic mass is 10.0. The third-order valence-corrected chi connectivity index (χ3v) is 5.64. The molecule has 9 heteroatoms. The number of rotatable bonds is 10. The van der Waals surface area contributed by atoms with Crippen LogP contribution in [0, 0.1) is 3.57 Å². The Morgan fingerprint density at radius 1 is 1.00 bits per heavy atom. The molecule has 0 fully saturated rings. The second kappa shape index (κ2) is 13.1. The summed E-state index contributed by atoms with van der Waals surface area (Å²) >= 11 is 6.03. The van der Waals surface area contributed by atoms with E-state index >= 15 is 0 Å². The van der Waals surface area contributed by atoms with Gasteiger partial charge >= 0.3 is 12.1 Å². The zero-order valence-corrected chi connectivity index (χ0v) is 21.1. The standard InChI is InChI=1S/C25H24INO6S/c26-17-11-12-21(28)20(15-17)24(33-25(30)27-18-7-3-1-4-8-18)22(13-14-31-23(29)16-34)32-19-9-5-2-6-10-19/h1-12,15,22,24,28,34H,13-14,16H2,(H,27,30)/t22-,24-/m1/s1. The van der Waals surface area contributed by atoms with Gasteiger partial charge in [0.25, 0.3) is 0 Å². The SMILES string of the molecule is O=C(CS)OCC[C@@H](Oc1ccccc1)[C@H](OC(=O)Nc1ccccc1)c1cc(I)ccc1O. The molecule has 2 atom stereocenters. The van der Waals surface area contributed by atoms with Crippen molar-refractivity contribution in [1.82, 2.24) is 0 Å². The third-order valence-electron chi connectivity index (χ3n) is 4.71. The van der Waals surface area contributed by atoms with Gasteiger partial charge in [0, 0.05) is 21.2 Å². The summed E-state index contributed by atoms with van der Waals surface area (Å²) in [5.41, 5.74) is 0.929. The van der Waals surface area contributed by atoms with Gasteiger partial charge in [0.15, 0.2) is 6.10 Å². The van der Waals surface area contributed by atoms with Crippen LogP contribution in [0.5, 0.6) is 11.5 Å². The summed E-state index contributed by atoms with van der Waals surface area (Å²) in [4.78, 5) is 24.4. The number of halogens is 1. The fourth-order valence-electron chi connectivity index (χ4n) is 3.16. The highest BCUT2D eigenvalue weighted by Crippen LogP contribution is 2.34. The first-order valence-electron chi connectivity index (χ1n) is 10.5. The number of para-hydroxylation sites is 2. The fourth-order valence-corrected chi connectivity index (χ4v) is 3.76. The van der Waals surface area contributed by atoms with Gasteiger partial charge in [0.05, 0.1) is 12.4 Å². The average Bonchev–Trinajstić information content (AvgIpc) is 2.84. The highest BCUT2D eigenvalue weighted by atomic mass is 127. The lowest BCUT2D eigenvalue weighted by molar-refractivity contribution is -0.141. The number of benzene rings is 3. The second-order valence-corrected chi connectivity index (χ2v) is 8.72. The third kappa shape index (κ3) is 7.84. The van der Waals surface area contributed by atoms with Crippen molar-refractivity contribution >= 4 is 53.0 Å². The van der Waals surface area contributed by atoms with E-state index in [1.165, 1.54) is 6.07 Å². The highest BCUT2D eigenvalue weighted by Gasteiger charge is 2.32. The van der Waals surface area contributed by atoms with E-state index in [4.69, 9.17) is 14.2 Å². The molecule has 0 saturated heterocycles. The van der Waals surface area contributed by atoms with E-state index in [2.05, 4.69) is 40.5 Å². The van der Waals surface area contributed by atoms with Gasteiger partial charge in [-0.25, -0.2) is 4.79 Å². The summed E-state index contributed by atoms with van der Waals surface area (Å²) in [6, 6.07) is 22.9. The largest absolute Gasteiger partial charge is 0.508 e. The van der Waals surface area contributed by atoms with Gasteiger partial charge in [-0.3, -0.25) is 10.1 Å². The van der Waals surface area contributed by atoms with Crippen molar-refractivity contribution in [3.8, 4) is 11.5 Å². The molecule has 0 aromatic heterocycles. The van der Waals surface area contributed by atoms with Crippen molar-refractivity contribution in [1.29, 1.82) is 0 Å². The van der Waals surface area contributed by atoms with Crippen LogP contribution in [0.2, 0.25) is 0 Å². The van der Waals surface area contributed by atoms with Gasteiger partial charge in [0.1, 0.15) is 17.6 Å². The van der Waals surface area contributed by atoms with E-state index in [1.807, 2.05) is 24.3 Å². The molecule has 0 bridgehead atoms. The predicted octanol–water partition coefficient (Wildman–Crippen LogP) is 5.60. The minimum atomic E-state index is -1.01. The zero-order valence-electron chi connectivity index (χ0n) is 18.1. The van der Waals surface area contributed by atoms with Gasteiger partial charge in [-0.2, -0.15) is 12.6 Å². The molecule has 0 aliphatic heterocycles. The Hall–Kier alpha value is -2.92. The van der Waals surface area contributed by atoms with E-state index in [0.29, 0.717) is 17.0 Å². The second-order valence-electron chi connectivity index (χ2n) is 7.16. The molecule has 7 nitrogen and oxygen atoms in total. The first kappa shape index (κ1) is 25.7. The van der Waals surface area contributed by atoms with Crippen LogP contribution in [0.25, 0.3) is 0 Å². The van der Waals surface area contributed by atoms with Gasteiger partial charge in [-0.1, -0.05) is 36.4 Å². The van der Waals surface area contributed by atoms with E-state index < -0.39 is 24.3 Å². The molecular weight excluding hydrogens is 569 g/mol. The van der Waals surface area contributed by atoms with Crippen molar-refractivity contribution in [2.45, 2.75) is 18.6 Å². The molecule has 178 valence electrons. The molecule has 0 radical (unpaired) electrons. The number of carbonyl (C=O) groups is 2. The number of esters is 1. The maximum absolute atomic E-state index is 12.8. The van der Waals surface area contributed by atoms with Crippen molar-refractivity contribution in [3.05, 3.63) is 88.0 Å². The number of amides is 1. The molecule has 2 N–H and O–H groups in total. The summed E-state index contributed by atoms with van der Waals surface area (Å²) in [7, 11) is 0. The maximum atomic E-state index is 12.8. The molecule has 0 unspecified atom stereocenters. The molecular formula is C25H24INO6S. The normalized spacial score (nSPS) is 12.3. The Bertz CT molecular complexity index is 1080. The maximum Gasteiger partial charge on any atom is 0.412 e. The van der Waals surface area contributed by atoms with Crippen molar-refractivity contribution < 1.29 is 28.9 Å². The Morgan fingerprint density at radius 3 is 2.35 bits per heavy atom. The first-order valence-corrected chi connectivity index (χ1v) is 12.2. The lowest BCUT2D eigenvalue weighted by Crippen LogP contribution is -2.32. The van der Waals surface area contributed by atoms with E-state index in [1.54, 1.807) is 48.5 Å². The molecule has 3 aromatic carbocycles. The van der Waals surface area contributed by atoms with Crippen LogP contribution < -0.4 is 10.1 Å². The van der Waals surface area contributed by atoms with Gasteiger partial charge in [0.2, 0.25) is 0 Å². The smallest absolute Gasteiger partial charge is 0.412 e. The predicted molar refractivity (Wildman–Crippen MR) is 140 cm³/mol. The monoisotopic (exact) mass is 593 g/mol. The fraction of sp³-hybridized carbons (Fsp3) is 0.200. The van der Waals surface area contributed by atoms with Crippen LogP contribution in [0.3, 0.4) is 0 Å². The van der Waals surface area contributed by atoms with Crippen molar-refractivity contribution in [2.75, 3.05) is 17.7 Å². The Labute approximate surface area is 217 Å². The van der Waals surface area contributed by atoms with Crippen LogP contribution in [0.15, 0.2) is 78.9 Å².